The van der Waals surface area contributed by atoms with Gasteiger partial charge in [-0.05, 0) is 26.0 Å². The molecular formula is C17H20ClN3. The van der Waals surface area contributed by atoms with Crippen molar-refractivity contribution in [1.29, 1.82) is 0 Å². The Morgan fingerprint density at radius 2 is 1.52 bits per heavy atom. The lowest BCUT2D eigenvalue weighted by Crippen LogP contribution is -2.35. The molecule has 0 bridgehead atoms. The van der Waals surface area contributed by atoms with Crippen molar-refractivity contribution in [2.24, 2.45) is 4.99 Å². The topological polar surface area (TPSA) is 27.6 Å². The monoisotopic (exact) mass is 301 g/mol. The minimum Gasteiger partial charge on any atom is -0.343 e. The second-order valence-corrected chi connectivity index (χ2v) is 4.80. The molecule has 4 heteroatoms. The molecule has 0 atom stereocenters. The first-order valence-electron chi connectivity index (χ1n) is 7.12. The van der Waals surface area contributed by atoms with E-state index in [-0.39, 0.29) is 12.4 Å². The SMILES string of the molecule is CCN(CC)C1=Nc2ccccc2-c2ccccc2N1.Cl. The van der Waals surface area contributed by atoms with Gasteiger partial charge in [-0.3, -0.25) is 0 Å². The summed E-state index contributed by atoms with van der Waals surface area (Å²) in [4.78, 5) is 7.06. The van der Waals surface area contributed by atoms with Crippen LogP contribution < -0.4 is 5.32 Å². The van der Waals surface area contributed by atoms with Crippen molar-refractivity contribution in [3.05, 3.63) is 48.5 Å². The molecule has 0 unspecified atom stereocenters. The molecule has 1 aliphatic heterocycles. The average molecular weight is 302 g/mol. The van der Waals surface area contributed by atoms with Crippen molar-refractivity contribution in [3.63, 3.8) is 0 Å². The Morgan fingerprint density at radius 1 is 0.905 bits per heavy atom. The molecule has 21 heavy (non-hydrogen) atoms. The maximum atomic E-state index is 4.83. The quantitative estimate of drug-likeness (QED) is 0.882. The van der Waals surface area contributed by atoms with Crippen LogP contribution in [-0.4, -0.2) is 23.9 Å². The number of aliphatic imine (C=N–C) groups is 1. The summed E-state index contributed by atoms with van der Waals surface area (Å²) in [6.07, 6.45) is 0. The molecule has 2 aromatic carbocycles. The normalized spacial score (nSPS) is 12.0. The fourth-order valence-corrected chi connectivity index (χ4v) is 2.56. The van der Waals surface area contributed by atoms with Gasteiger partial charge < -0.3 is 10.2 Å². The molecule has 3 rings (SSSR count). The highest BCUT2D eigenvalue weighted by Gasteiger charge is 2.17. The third-order valence-corrected chi connectivity index (χ3v) is 3.66. The highest BCUT2D eigenvalue weighted by molar-refractivity contribution is 6.03. The van der Waals surface area contributed by atoms with Gasteiger partial charge >= 0.3 is 0 Å². The van der Waals surface area contributed by atoms with Gasteiger partial charge in [-0.15, -0.1) is 12.4 Å². The highest BCUT2D eigenvalue weighted by Crippen LogP contribution is 2.37. The average Bonchev–Trinajstić information content (AvgIpc) is 2.65. The highest BCUT2D eigenvalue weighted by atomic mass is 35.5. The summed E-state index contributed by atoms with van der Waals surface area (Å²) in [5.74, 6) is 0.924. The zero-order valence-corrected chi connectivity index (χ0v) is 13.2. The summed E-state index contributed by atoms with van der Waals surface area (Å²) >= 11 is 0. The number of halogens is 1. The Bertz CT molecular complexity index is 648. The van der Waals surface area contributed by atoms with Gasteiger partial charge in [-0.25, -0.2) is 4.99 Å². The van der Waals surface area contributed by atoms with Crippen LogP contribution in [0.3, 0.4) is 0 Å². The third kappa shape index (κ3) is 2.88. The minimum atomic E-state index is 0. The third-order valence-electron chi connectivity index (χ3n) is 3.66. The summed E-state index contributed by atoms with van der Waals surface area (Å²) in [5.41, 5.74) is 4.52. The Morgan fingerprint density at radius 3 is 2.24 bits per heavy atom. The summed E-state index contributed by atoms with van der Waals surface area (Å²) in [5, 5.41) is 3.48. The standard InChI is InChI=1S/C17H19N3.ClH/c1-3-20(4-2)17-18-15-11-7-5-9-13(15)14-10-6-8-12-16(14)19-17;/h5-12H,3-4H2,1-2H3,(H,18,19);1H. The summed E-state index contributed by atoms with van der Waals surface area (Å²) in [6.45, 7) is 6.17. The molecule has 0 spiro atoms. The first kappa shape index (κ1) is 15.4. The molecule has 0 saturated carbocycles. The molecular weight excluding hydrogens is 282 g/mol. The van der Waals surface area contributed by atoms with Crippen LogP contribution >= 0.6 is 12.4 Å². The number of benzene rings is 2. The Kier molecular flexibility index (Phi) is 4.86. The lowest BCUT2D eigenvalue weighted by molar-refractivity contribution is 0.464. The van der Waals surface area contributed by atoms with Crippen molar-refractivity contribution in [3.8, 4) is 11.1 Å². The van der Waals surface area contributed by atoms with E-state index in [1.54, 1.807) is 0 Å². The van der Waals surface area contributed by atoms with Gasteiger partial charge in [0.2, 0.25) is 5.96 Å². The van der Waals surface area contributed by atoms with Crippen LogP contribution in [0.25, 0.3) is 11.1 Å². The maximum Gasteiger partial charge on any atom is 0.203 e. The van der Waals surface area contributed by atoms with Gasteiger partial charge in [0.05, 0.1) is 5.69 Å². The molecule has 0 fully saturated rings. The van der Waals surface area contributed by atoms with Crippen molar-refractivity contribution >= 4 is 29.7 Å². The van der Waals surface area contributed by atoms with E-state index in [1.165, 1.54) is 11.1 Å². The molecule has 110 valence electrons. The second kappa shape index (κ2) is 6.64. The molecule has 2 aromatic rings. The molecule has 0 radical (unpaired) electrons. The zero-order valence-electron chi connectivity index (χ0n) is 12.3. The van der Waals surface area contributed by atoms with Gasteiger partial charge in [-0.1, -0.05) is 36.4 Å². The molecule has 1 heterocycles. The van der Waals surface area contributed by atoms with Gasteiger partial charge in [0, 0.05) is 29.9 Å². The first-order valence-corrected chi connectivity index (χ1v) is 7.12. The number of hydrogen-bond acceptors (Lipinski definition) is 3. The summed E-state index contributed by atoms with van der Waals surface area (Å²) in [7, 11) is 0. The molecule has 0 aromatic heterocycles. The van der Waals surface area contributed by atoms with Crippen molar-refractivity contribution in [2.45, 2.75) is 13.8 Å². The van der Waals surface area contributed by atoms with E-state index >= 15 is 0 Å². The van der Waals surface area contributed by atoms with Gasteiger partial charge in [0.25, 0.3) is 0 Å². The van der Waals surface area contributed by atoms with Crippen LogP contribution in [0.4, 0.5) is 11.4 Å². The van der Waals surface area contributed by atoms with Gasteiger partial charge in [-0.2, -0.15) is 0 Å². The number of para-hydroxylation sites is 2. The predicted octanol–water partition coefficient (Wildman–Crippen LogP) is 4.53. The van der Waals surface area contributed by atoms with E-state index in [1.807, 2.05) is 6.07 Å². The van der Waals surface area contributed by atoms with Crippen LogP contribution in [0, 0.1) is 0 Å². The predicted molar refractivity (Wildman–Crippen MR) is 92.8 cm³/mol. The van der Waals surface area contributed by atoms with Crippen molar-refractivity contribution in [1.82, 2.24) is 4.90 Å². The molecule has 1 aliphatic rings. The zero-order chi connectivity index (χ0) is 13.9. The van der Waals surface area contributed by atoms with E-state index in [9.17, 15) is 0 Å². The van der Waals surface area contributed by atoms with Crippen LogP contribution in [0.1, 0.15) is 13.8 Å². The van der Waals surface area contributed by atoms with Crippen molar-refractivity contribution < 1.29 is 0 Å². The number of hydrogen-bond donors (Lipinski definition) is 1. The number of nitrogens with one attached hydrogen (secondary N) is 1. The maximum absolute atomic E-state index is 4.83. The smallest absolute Gasteiger partial charge is 0.203 e. The Balaban J connectivity index is 0.00000161. The number of anilines is 1. The van der Waals surface area contributed by atoms with E-state index in [4.69, 9.17) is 4.99 Å². The summed E-state index contributed by atoms with van der Waals surface area (Å²) in [6, 6.07) is 16.7. The fraction of sp³-hybridized carbons (Fsp3) is 0.235. The number of nitrogens with zero attached hydrogens (tertiary/aromatic N) is 2. The Hall–Kier alpha value is -2.00. The lowest BCUT2D eigenvalue weighted by Gasteiger charge is -2.23. The van der Waals surface area contributed by atoms with Crippen LogP contribution in [0.5, 0.6) is 0 Å². The number of fused-ring (bicyclic) bond motifs is 3. The van der Waals surface area contributed by atoms with Crippen LogP contribution in [0.15, 0.2) is 53.5 Å². The van der Waals surface area contributed by atoms with Gasteiger partial charge in [0.15, 0.2) is 0 Å². The molecule has 0 amide bonds. The van der Waals surface area contributed by atoms with E-state index in [0.717, 1.165) is 30.4 Å². The molecule has 1 N–H and O–H groups in total. The fourth-order valence-electron chi connectivity index (χ4n) is 2.56. The van der Waals surface area contributed by atoms with Gasteiger partial charge in [0.1, 0.15) is 0 Å². The number of guanidine groups is 1. The molecule has 0 aliphatic carbocycles. The van der Waals surface area contributed by atoms with Crippen LogP contribution in [-0.2, 0) is 0 Å². The van der Waals surface area contributed by atoms with Crippen molar-refractivity contribution in [2.75, 3.05) is 18.4 Å². The van der Waals surface area contributed by atoms with E-state index in [0.29, 0.717) is 0 Å². The van der Waals surface area contributed by atoms with Crippen LogP contribution in [0.2, 0.25) is 0 Å². The molecule has 3 nitrogen and oxygen atoms in total. The number of rotatable bonds is 2. The summed E-state index contributed by atoms with van der Waals surface area (Å²) < 4.78 is 0. The van der Waals surface area contributed by atoms with E-state index in [2.05, 4.69) is 66.5 Å². The van der Waals surface area contributed by atoms with E-state index < -0.39 is 0 Å². The first-order chi connectivity index (χ1) is 9.83. The second-order valence-electron chi connectivity index (χ2n) is 4.80. The minimum absolute atomic E-state index is 0. The molecule has 0 saturated heterocycles. The Labute approximate surface area is 132 Å². The lowest BCUT2D eigenvalue weighted by atomic mass is 10.0. The largest absolute Gasteiger partial charge is 0.343 e.